The van der Waals surface area contributed by atoms with E-state index in [1.165, 1.54) is 11.1 Å². The van der Waals surface area contributed by atoms with E-state index in [2.05, 4.69) is 44.3 Å². The van der Waals surface area contributed by atoms with Crippen molar-refractivity contribution in [1.29, 1.82) is 0 Å². The largest absolute Gasteiger partial charge is 0.378 e. The molecule has 20 heavy (non-hydrogen) atoms. The fourth-order valence-electron chi connectivity index (χ4n) is 2.50. The van der Waals surface area contributed by atoms with Crippen molar-refractivity contribution in [3.05, 3.63) is 29.3 Å². The van der Waals surface area contributed by atoms with Crippen molar-refractivity contribution in [2.24, 2.45) is 0 Å². The molecular formula is C16H24N2O2. The molecule has 0 spiro atoms. The minimum Gasteiger partial charge on any atom is -0.378 e. The van der Waals surface area contributed by atoms with Crippen LogP contribution >= 0.6 is 0 Å². The van der Waals surface area contributed by atoms with Crippen LogP contribution in [0.15, 0.2) is 18.2 Å². The Balaban J connectivity index is 2.01. The van der Waals surface area contributed by atoms with Crippen LogP contribution in [-0.4, -0.2) is 43.7 Å². The first-order valence-corrected chi connectivity index (χ1v) is 7.28. The molecule has 0 atom stereocenters. The lowest BCUT2D eigenvalue weighted by Gasteiger charge is -2.27. The molecule has 1 aromatic carbocycles. The molecule has 4 nitrogen and oxygen atoms in total. The van der Waals surface area contributed by atoms with Gasteiger partial charge in [-0.3, -0.25) is 4.79 Å². The van der Waals surface area contributed by atoms with Crippen LogP contribution in [0.3, 0.4) is 0 Å². The quantitative estimate of drug-likeness (QED) is 0.918. The first-order valence-electron chi connectivity index (χ1n) is 7.28. The van der Waals surface area contributed by atoms with Crippen LogP contribution in [0.2, 0.25) is 0 Å². The molecule has 1 aromatic rings. The van der Waals surface area contributed by atoms with E-state index < -0.39 is 0 Å². The summed E-state index contributed by atoms with van der Waals surface area (Å²) in [4.78, 5) is 14.0. The second-order valence-electron chi connectivity index (χ2n) is 5.54. The number of benzene rings is 1. The van der Waals surface area contributed by atoms with Crippen LogP contribution in [0.25, 0.3) is 0 Å². The number of anilines is 1. The third kappa shape index (κ3) is 3.51. The number of aryl methyl sites for hydroxylation is 1. The monoisotopic (exact) mass is 276 g/mol. The molecule has 4 heteroatoms. The van der Waals surface area contributed by atoms with Crippen LogP contribution in [0, 0.1) is 6.92 Å². The summed E-state index contributed by atoms with van der Waals surface area (Å²) in [5.41, 5.74) is 3.55. The molecule has 2 rings (SSSR count). The van der Waals surface area contributed by atoms with Crippen molar-refractivity contribution in [3.8, 4) is 0 Å². The topological polar surface area (TPSA) is 41.6 Å². The van der Waals surface area contributed by atoms with Crippen LogP contribution in [0.4, 0.5) is 5.69 Å². The summed E-state index contributed by atoms with van der Waals surface area (Å²) in [6, 6.07) is 6.27. The van der Waals surface area contributed by atoms with E-state index in [9.17, 15) is 4.79 Å². The zero-order chi connectivity index (χ0) is 14.5. The van der Waals surface area contributed by atoms with Gasteiger partial charge in [-0.05, 0) is 24.0 Å². The number of hydrogen-bond donors (Lipinski definition) is 1. The van der Waals surface area contributed by atoms with E-state index in [1.807, 2.05) is 4.90 Å². The Kier molecular flexibility index (Phi) is 5.01. The standard InChI is InChI=1S/C16H24N2O2/c1-12(2)14-6-4-5-13(3)16(14)17-11-15(19)18-7-9-20-10-8-18/h4-6,12,17H,7-11H2,1-3H3. The van der Waals surface area contributed by atoms with E-state index >= 15 is 0 Å². The van der Waals surface area contributed by atoms with Gasteiger partial charge in [0.2, 0.25) is 5.91 Å². The lowest BCUT2D eigenvalue weighted by molar-refractivity contribution is -0.133. The SMILES string of the molecule is Cc1cccc(C(C)C)c1NCC(=O)N1CCOCC1. The fourth-order valence-corrected chi connectivity index (χ4v) is 2.50. The summed E-state index contributed by atoms with van der Waals surface area (Å²) >= 11 is 0. The van der Waals surface area contributed by atoms with Crippen molar-refractivity contribution in [1.82, 2.24) is 4.90 Å². The summed E-state index contributed by atoms with van der Waals surface area (Å²) in [6.07, 6.45) is 0. The van der Waals surface area contributed by atoms with Crippen molar-refractivity contribution in [2.75, 3.05) is 38.2 Å². The second-order valence-corrected chi connectivity index (χ2v) is 5.54. The maximum Gasteiger partial charge on any atom is 0.242 e. The van der Waals surface area contributed by atoms with Crippen LogP contribution in [0.1, 0.15) is 30.9 Å². The summed E-state index contributed by atoms with van der Waals surface area (Å²) in [7, 11) is 0. The molecule has 1 aliphatic rings. The molecule has 0 aromatic heterocycles. The van der Waals surface area contributed by atoms with Crippen molar-refractivity contribution in [3.63, 3.8) is 0 Å². The highest BCUT2D eigenvalue weighted by Gasteiger charge is 2.17. The highest BCUT2D eigenvalue weighted by Crippen LogP contribution is 2.27. The normalized spacial score (nSPS) is 15.5. The Morgan fingerprint density at radius 3 is 2.70 bits per heavy atom. The van der Waals surface area contributed by atoms with Gasteiger partial charge in [-0.2, -0.15) is 0 Å². The van der Waals surface area contributed by atoms with Crippen molar-refractivity contribution >= 4 is 11.6 Å². The minimum atomic E-state index is 0.145. The highest BCUT2D eigenvalue weighted by atomic mass is 16.5. The van der Waals surface area contributed by atoms with E-state index in [-0.39, 0.29) is 5.91 Å². The number of amides is 1. The molecule has 1 fully saturated rings. The molecule has 1 amide bonds. The van der Waals surface area contributed by atoms with Crippen LogP contribution < -0.4 is 5.32 Å². The molecular weight excluding hydrogens is 252 g/mol. The van der Waals surface area contributed by atoms with E-state index in [0.717, 1.165) is 5.69 Å². The van der Waals surface area contributed by atoms with Crippen molar-refractivity contribution in [2.45, 2.75) is 26.7 Å². The Hall–Kier alpha value is -1.55. The lowest BCUT2D eigenvalue weighted by Crippen LogP contribution is -2.43. The van der Waals surface area contributed by atoms with Crippen LogP contribution in [-0.2, 0) is 9.53 Å². The fraction of sp³-hybridized carbons (Fsp3) is 0.562. The molecule has 1 aliphatic heterocycles. The summed E-state index contributed by atoms with van der Waals surface area (Å²) in [5.74, 6) is 0.585. The Bertz CT molecular complexity index is 466. The zero-order valence-corrected chi connectivity index (χ0v) is 12.6. The average Bonchev–Trinajstić information content (AvgIpc) is 2.46. The summed E-state index contributed by atoms with van der Waals surface area (Å²) < 4.78 is 5.27. The van der Waals surface area contributed by atoms with E-state index in [4.69, 9.17) is 4.74 Å². The summed E-state index contributed by atoms with van der Waals surface area (Å²) in [6.45, 7) is 9.46. The molecule has 0 unspecified atom stereocenters. The first kappa shape index (κ1) is 14.9. The van der Waals surface area contributed by atoms with Gasteiger partial charge in [0.05, 0.1) is 19.8 Å². The molecule has 0 radical (unpaired) electrons. The second kappa shape index (κ2) is 6.75. The number of hydrogen-bond acceptors (Lipinski definition) is 3. The number of morpholine rings is 1. The number of para-hydroxylation sites is 1. The third-order valence-corrected chi connectivity index (χ3v) is 3.71. The van der Waals surface area contributed by atoms with Gasteiger partial charge < -0.3 is 15.0 Å². The number of nitrogens with one attached hydrogen (secondary N) is 1. The van der Waals surface area contributed by atoms with E-state index in [1.54, 1.807) is 0 Å². The number of rotatable bonds is 4. The van der Waals surface area contributed by atoms with Gasteiger partial charge in [0.1, 0.15) is 0 Å². The van der Waals surface area contributed by atoms with Gasteiger partial charge in [-0.15, -0.1) is 0 Å². The van der Waals surface area contributed by atoms with E-state index in [0.29, 0.717) is 38.8 Å². The Labute approximate surface area is 121 Å². The highest BCUT2D eigenvalue weighted by molar-refractivity contribution is 5.81. The smallest absolute Gasteiger partial charge is 0.242 e. The molecule has 110 valence electrons. The lowest BCUT2D eigenvalue weighted by atomic mass is 9.98. The van der Waals surface area contributed by atoms with Crippen LogP contribution in [0.5, 0.6) is 0 Å². The maximum atomic E-state index is 12.2. The Morgan fingerprint density at radius 2 is 2.05 bits per heavy atom. The first-order chi connectivity index (χ1) is 9.59. The molecule has 0 aliphatic carbocycles. The van der Waals surface area contributed by atoms with Gasteiger partial charge in [-0.25, -0.2) is 0 Å². The number of carbonyl (C=O) groups excluding carboxylic acids is 1. The number of ether oxygens (including phenoxy) is 1. The molecule has 0 bridgehead atoms. The maximum absolute atomic E-state index is 12.2. The molecule has 1 heterocycles. The average molecular weight is 276 g/mol. The van der Waals surface area contributed by atoms with Gasteiger partial charge in [0.25, 0.3) is 0 Å². The predicted octanol–water partition coefficient (Wildman–Crippen LogP) is 2.39. The third-order valence-electron chi connectivity index (χ3n) is 3.71. The molecule has 1 saturated heterocycles. The number of carbonyl (C=O) groups is 1. The van der Waals surface area contributed by atoms with Crippen molar-refractivity contribution < 1.29 is 9.53 Å². The van der Waals surface area contributed by atoms with Gasteiger partial charge in [-0.1, -0.05) is 32.0 Å². The van der Waals surface area contributed by atoms with Gasteiger partial charge >= 0.3 is 0 Å². The summed E-state index contributed by atoms with van der Waals surface area (Å²) in [5, 5.41) is 3.33. The zero-order valence-electron chi connectivity index (χ0n) is 12.6. The number of nitrogens with zero attached hydrogens (tertiary/aromatic N) is 1. The van der Waals surface area contributed by atoms with Gasteiger partial charge in [0, 0.05) is 18.8 Å². The molecule has 1 N–H and O–H groups in total. The minimum absolute atomic E-state index is 0.145. The Morgan fingerprint density at radius 1 is 1.35 bits per heavy atom. The van der Waals surface area contributed by atoms with Gasteiger partial charge in [0.15, 0.2) is 0 Å². The molecule has 0 saturated carbocycles. The predicted molar refractivity (Wildman–Crippen MR) is 81.2 cm³/mol.